The summed E-state index contributed by atoms with van der Waals surface area (Å²) in [6, 6.07) is 3.91. The van der Waals surface area contributed by atoms with Gasteiger partial charge in [0.1, 0.15) is 11.8 Å². The fourth-order valence-electron chi connectivity index (χ4n) is 6.53. The summed E-state index contributed by atoms with van der Waals surface area (Å²) in [5.41, 5.74) is 1.49. The number of carbonyl (C=O) groups excluding carboxylic acids is 2. The zero-order chi connectivity index (χ0) is 26.5. The summed E-state index contributed by atoms with van der Waals surface area (Å²) < 4.78 is 5.98. The Morgan fingerprint density at radius 3 is 2.39 bits per heavy atom. The highest BCUT2D eigenvalue weighted by Gasteiger charge is 2.39. The molecule has 2 aliphatic heterocycles. The number of aliphatic hydroxyl groups is 1. The molecule has 2 heterocycles. The normalized spacial score (nSPS) is 21.9. The summed E-state index contributed by atoms with van der Waals surface area (Å²) in [6.45, 7) is 0.679. The van der Waals surface area contributed by atoms with Crippen molar-refractivity contribution in [3.8, 4) is 5.75 Å². The SMILES string of the molecule is O=C1NC2=Nc3cc(OCCCCCC(=O)N(C4CCCCC4)C4CCCCC4)cc(Cl)c3CN2C1CO. The van der Waals surface area contributed by atoms with E-state index in [0.717, 1.165) is 24.8 Å². The van der Waals surface area contributed by atoms with Crippen molar-refractivity contribution in [1.82, 2.24) is 15.1 Å². The van der Waals surface area contributed by atoms with Crippen LogP contribution in [0.25, 0.3) is 0 Å². The van der Waals surface area contributed by atoms with Gasteiger partial charge in [-0.25, -0.2) is 4.99 Å². The standard InChI is InChI=1S/C29H41ClN4O4/c30-24-16-22(17-25-23(24)18-33-26(19-35)28(37)32-29(33)31-25)38-15-9-3-8-14-27(36)34(20-10-4-1-5-11-20)21-12-6-2-7-13-21/h16-17,20-21,26,35H,1-15,18-19H2,(H,31,32,37). The van der Waals surface area contributed by atoms with E-state index >= 15 is 0 Å². The molecule has 0 radical (unpaired) electrons. The van der Waals surface area contributed by atoms with Gasteiger partial charge in [-0.2, -0.15) is 0 Å². The molecule has 4 aliphatic rings. The molecule has 5 rings (SSSR count). The average molecular weight is 545 g/mol. The molecule has 208 valence electrons. The first kappa shape index (κ1) is 27.3. The van der Waals surface area contributed by atoms with Crippen LogP contribution in [-0.2, 0) is 16.1 Å². The Morgan fingerprint density at radius 1 is 1.05 bits per heavy atom. The minimum Gasteiger partial charge on any atom is -0.493 e. The van der Waals surface area contributed by atoms with Crippen molar-refractivity contribution in [2.24, 2.45) is 4.99 Å². The lowest BCUT2D eigenvalue weighted by molar-refractivity contribution is -0.138. The smallest absolute Gasteiger partial charge is 0.251 e. The largest absolute Gasteiger partial charge is 0.493 e. The first-order chi connectivity index (χ1) is 18.5. The number of halogens is 1. The number of nitrogens with zero attached hydrogens (tertiary/aromatic N) is 3. The highest BCUT2D eigenvalue weighted by Crippen LogP contribution is 2.37. The number of guanidine groups is 1. The third-order valence-electron chi connectivity index (χ3n) is 8.59. The van der Waals surface area contributed by atoms with Crippen LogP contribution >= 0.6 is 11.6 Å². The van der Waals surface area contributed by atoms with Crippen molar-refractivity contribution < 1.29 is 19.4 Å². The second kappa shape index (κ2) is 12.7. The van der Waals surface area contributed by atoms with Gasteiger partial charge in [0, 0.05) is 30.1 Å². The van der Waals surface area contributed by atoms with Crippen molar-refractivity contribution in [2.75, 3.05) is 13.2 Å². The maximum atomic E-state index is 13.3. The Hall–Kier alpha value is -2.32. The summed E-state index contributed by atoms with van der Waals surface area (Å²) in [5, 5.41) is 12.8. The van der Waals surface area contributed by atoms with E-state index in [2.05, 4.69) is 15.2 Å². The van der Waals surface area contributed by atoms with Crippen molar-refractivity contribution in [3.05, 3.63) is 22.7 Å². The van der Waals surface area contributed by atoms with E-state index in [1.807, 2.05) is 6.07 Å². The minimum absolute atomic E-state index is 0.259. The van der Waals surface area contributed by atoms with Gasteiger partial charge < -0.3 is 19.6 Å². The highest BCUT2D eigenvalue weighted by molar-refractivity contribution is 6.32. The first-order valence-corrected chi connectivity index (χ1v) is 15.0. The Kier molecular flexibility index (Phi) is 9.10. The molecule has 38 heavy (non-hydrogen) atoms. The lowest BCUT2D eigenvalue weighted by atomic mass is 9.88. The van der Waals surface area contributed by atoms with Gasteiger partial charge in [-0.1, -0.05) is 50.1 Å². The van der Waals surface area contributed by atoms with E-state index < -0.39 is 6.04 Å². The third-order valence-corrected chi connectivity index (χ3v) is 8.92. The van der Waals surface area contributed by atoms with E-state index in [-0.39, 0.29) is 12.5 Å². The monoisotopic (exact) mass is 544 g/mol. The van der Waals surface area contributed by atoms with Crippen LogP contribution < -0.4 is 10.1 Å². The molecular formula is C29H41ClN4O4. The van der Waals surface area contributed by atoms with Gasteiger partial charge >= 0.3 is 0 Å². The van der Waals surface area contributed by atoms with Crippen LogP contribution in [-0.4, -0.2) is 64.0 Å². The molecule has 9 heteroatoms. The highest BCUT2D eigenvalue weighted by atomic mass is 35.5. The molecule has 3 fully saturated rings. The first-order valence-electron chi connectivity index (χ1n) is 14.6. The molecule has 2 amide bonds. The molecule has 1 atom stereocenters. The third kappa shape index (κ3) is 6.12. The molecule has 0 spiro atoms. The Labute approximate surface area is 230 Å². The number of nitrogens with one attached hydrogen (secondary N) is 1. The number of ether oxygens (including phenoxy) is 1. The number of rotatable bonds is 10. The zero-order valence-corrected chi connectivity index (χ0v) is 23.1. The molecular weight excluding hydrogens is 504 g/mol. The Balaban J connectivity index is 1.09. The van der Waals surface area contributed by atoms with Crippen molar-refractivity contribution in [3.63, 3.8) is 0 Å². The number of amides is 2. The topological polar surface area (TPSA) is 94.5 Å². The Morgan fingerprint density at radius 2 is 1.74 bits per heavy atom. The zero-order valence-electron chi connectivity index (χ0n) is 22.3. The maximum absolute atomic E-state index is 13.3. The summed E-state index contributed by atoms with van der Waals surface area (Å²) in [4.78, 5) is 34.0. The van der Waals surface area contributed by atoms with Crippen molar-refractivity contribution in [1.29, 1.82) is 0 Å². The van der Waals surface area contributed by atoms with Gasteiger partial charge in [0.25, 0.3) is 5.91 Å². The molecule has 2 aliphatic carbocycles. The van der Waals surface area contributed by atoms with Crippen LogP contribution in [0.4, 0.5) is 5.69 Å². The van der Waals surface area contributed by atoms with Gasteiger partial charge in [0.05, 0.1) is 30.5 Å². The van der Waals surface area contributed by atoms with Crippen LogP contribution in [0.5, 0.6) is 5.75 Å². The number of fused-ring (bicyclic) bond motifs is 2. The second-order valence-electron chi connectivity index (χ2n) is 11.2. The number of aliphatic hydroxyl groups excluding tert-OH is 1. The lowest BCUT2D eigenvalue weighted by Gasteiger charge is -2.42. The van der Waals surface area contributed by atoms with E-state index in [0.29, 0.717) is 60.0 Å². The van der Waals surface area contributed by atoms with Crippen LogP contribution in [0.15, 0.2) is 17.1 Å². The van der Waals surface area contributed by atoms with Crippen molar-refractivity contribution in [2.45, 2.75) is 115 Å². The fourth-order valence-corrected chi connectivity index (χ4v) is 6.80. The number of benzene rings is 1. The molecule has 1 saturated heterocycles. The van der Waals surface area contributed by atoms with Gasteiger partial charge in [-0.05, 0) is 51.0 Å². The van der Waals surface area contributed by atoms with E-state index in [1.54, 1.807) is 11.0 Å². The molecule has 1 aromatic rings. The van der Waals surface area contributed by atoms with Gasteiger partial charge in [-0.15, -0.1) is 0 Å². The van der Waals surface area contributed by atoms with E-state index in [9.17, 15) is 14.7 Å². The summed E-state index contributed by atoms with van der Waals surface area (Å²) in [5.74, 6) is 1.19. The van der Waals surface area contributed by atoms with Gasteiger partial charge in [0.15, 0.2) is 0 Å². The average Bonchev–Trinajstić information content (AvgIpc) is 3.24. The quantitative estimate of drug-likeness (QED) is 0.401. The molecule has 1 aromatic carbocycles. The summed E-state index contributed by atoms with van der Waals surface area (Å²) >= 11 is 6.53. The fraction of sp³-hybridized carbons (Fsp3) is 0.690. The number of aliphatic imine (C=N–C) groups is 1. The predicted molar refractivity (Wildman–Crippen MR) is 148 cm³/mol. The molecule has 0 aromatic heterocycles. The number of unbranched alkanes of at least 4 members (excludes halogenated alkanes) is 2. The van der Waals surface area contributed by atoms with Gasteiger partial charge in [-0.3, -0.25) is 14.9 Å². The lowest BCUT2D eigenvalue weighted by Crippen LogP contribution is -2.48. The number of hydrogen-bond acceptors (Lipinski definition) is 6. The summed E-state index contributed by atoms with van der Waals surface area (Å²) in [6.07, 6.45) is 15.7. The molecule has 1 unspecified atom stereocenters. The van der Waals surface area contributed by atoms with E-state index in [4.69, 9.17) is 16.3 Å². The molecule has 8 nitrogen and oxygen atoms in total. The molecule has 2 saturated carbocycles. The number of carbonyl (C=O) groups is 2. The van der Waals surface area contributed by atoms with Gasteiger partial charge in [0.2, 0.25) is 11.9 Å². The van der Waals surface area contributed by atoms with E-state index in [1.165, 1.54) is 64.2 Å². The number of hydrogen-bond donors (Lipinski definition) is 2. The van der Waals surface area contributed by atoms with Crippen LogP contribution in [0.3, 0.4) is 0 Å². The minimum atomic E-state index is -0.641. The van der Waals surface area contributed by atoms with Crippen molar-refractivity contribution >= 4 is 35.1 Å². The maximum Gasteiger partial charge on any atom is 0.251 e. The van der Waals surface area contributed by atoms with Crippen LogP contribution in [0.1, 0.15) is 95.5 Å². The predicted octanol–water partition coefficient (Wildman–Crippen LogP) is 5.07. The van der Waals surface area contributed by atoms with Crippen LogP contribution in [0, 0.1) is 0 Å². The molecule has 2 N–H and O–H groups in total. The molecule has 0 bridgehead atoms. The van der Waals surface area contributed by atoms with Crippen LogP contribution in [0.2, 0.25) is 5.02 Å². The second-order valence-corrected chi connectivity index (χ2v) is 11.6. The Bertz CT molecular complexity index is 1020. The summed E-state index contributed by atoms with van der Waals surface area (Å²) in [7, 11) is 0.